The number of fused-ring (bicyclic) bond motifs is 1. The minimum atomic E-state index is -0.426. The van der Waals surface area contributed by atoms with Crippen LogP contribution in [0.2, 0.25) is 5.02 Å². The van der Waals surface area contributed by atoms with Crippen molar-refractivity contribution in [3.05, 3.63) is 53.1 Å². The summed E-state index contributed by atoms with van der Waals surface area (Å²) in [5.74, 6) is -0.772. The highest BCUT2D eigenvalue weighted by atomic mass is 35.5. The van der Waals surface area contributed by atoms with Crippen molar-refractivity contribution >= 4 is 35.0 Å². The number of benzene rings is 2. The average molecular weight is 438 g/mol. The Bertz CT molecular complexity index is 1050. The Kier molecular flexibility index (Phi) is 5.28. The van der Waals surface area contributed by atoms with Crippen LogP contribution in [-0.2, 0) is 14.4 Å². The van der Waals surface area contributed by atoms with E-state index in [9.17, 15) is 14.4 Å². The first-order valence-electron chi connectivity index (χ1n) is 10.8. The van der Waals surface area contributed by atoms with Crippen molar-refractivity contribution in [2.24, 2.45) is 0 Å². The molecule has 1 unspecified atom stereocenters. The van der Waals surface area contributed by atoms with E-state index in [-0.39, 0.29) is 23.8 Å². The molecule has 1 N–H and O–H groups in total. The third-order valence-corrected chi connectivity index (χ3v) is 7.08. The van der Waals surface area contributed by atoms with Gasteiger partial charge in [-0.2, -0.15) is 0 Å². The lowest BCUT2D eigenvalue weighted by Crippen LogP contribution is -2.54. The van der Waals surface area contributed by atoms with Crippen LogP contribution in [0, 0.1) is 0 Å². The van der Waals surface area contributed by atoms with Crippen molar-refractivity contribution in [3.63, 3.8) is 0 Å². The topological polar surface area (TPSA) is 69.7 Å². The monoisotopic (exact) mass is 437 g/mol. The van der Waals surface area contributed by atoms with Gasteiger partial charge in [-0.15, -0.1) is 0 Å². The fraction of sp³-hybridized carbons (Fsp3) is 0.375. The minimum absolute atomic E-state index is 0.0214. The van der Waals surface area contributed by atoms with Gasteiger partial charge >= 0.3 is 0 Å². The standard InChI is InChI=1S/C24H24ClN3O3/c25-22-17(3-1-4-18(22)19-10-11-21(29)26-23(19)30)15-6-8-16(9-7-15)28-14-13-27-12-2-5-20(27)24(28)31/h1,3-4,6-9,19-20H,2,5,10-14H2,(H,26,29,30)/t19-,20?/m0/s1. The Morgan fingerprint density at radius 2 is 1.74 bits per heavy atom. The van der Waals surface area contributed by atoms with Crippen molar-refractivity contribution < 1.29 is 14.4 Å². The fourth-order valence-corrected chi connectivity index (χ4v) is 5.37. The molecule has 3 aliphatic rings. The molecule has 5 rings (SSSR count). The van der Waals surface area contributed by atoms with Crippen LogP contribution in [0.1, 0.15) is 37.2 Å². The molecule has 2 aromatic rings. The molecule has 2 aromatic carbocycles. The van der Waals surface area contributed by atoms with Crippen molar-refractivity contribution in [2.45, 2.75) is 37.6 Å². The number of anilines is 1. The highest BCUT2D eigenvalue weighted by Gasteiger charge is 2.38. The van der Waals surface area contributed by atoms with Gasteiger partial charge in [0.15, 0.2) is 0 Å². The van der Waals surface area contributed by atoms with Crippen LogP contribution in [0.5, 0.6) is 0 Å². The largest absolute Gasteiger partial charge is 0.310 e. The summed E-state index contributed by atoms with van der Waals surface area (Å²) in [6.45, 7) is 2.64. The second-order valence-corrected chi connectivity index (χ2v) is 8.82. The van der Waals surface area contributed by atoms with Crippen molar-refractivity contribution in [2.75, 3.05) is 24.5 Å². The van der Waals surface area contributed by atoms with Crippen LogP contribution in [0.25, 0.3) is 11.1 Å². The van der Waals surface area contributed by atoms with Crippen LogP contribution < -0.4 is 10.2 Å². The molecule has 7 heteroatoms. The summed E-state index contributed by atoms with van der Waals surface area (Å²) < 4.78 is 0. The van der Waals surface area contributed by atoms with E-state index in [2.05, 4.69) is 10.2 Å². The molecule has 2 atom stereocenters. The highest BCUT2D eigenvalue weighted by Crippen LogP contribution is 2.38. The molecule has 0 saturated carbocycles. The Morgan fingerprint density at radius 3 is 2.52 bits per heavy atom. The fourth-order valence-electron chi connectivity index (χ4n) is 5.00. The number of amides is 3. The van der Waals surface area contributed by atoms with E-state index in [1.807, 2.05) is 47.4 Å². The molecule has 31 heavy (non-hydrogen) atoms. The normalized spacial score (nSPS) is 24.3. The van der Waals surface area contributed by atoms with E-state index in [0.717, 1.165) is 48.3 Å². The summed E-state index contributed by atoms with van der Waals surface area (Å²) >= 11 is 6.72. The van der Waals surface area contributed by atoms with Gasteiger partial charge in [0.25, 0.3) is 0 Å². The third-order valence-electron chi connectivity index (χ3n) is 6.66. The van der Waals surface area contributed by atoms with Crippen LogP contribution in [0.15, 0.2) is 42.5 Å². The van der Waals surface area contributed by atoms with E-state index in [1.54, 1.807) is 0 Å². The first-order valence-corrected chi connectivity index (χ1v) is 11.2. The number of hydrogen-bond acceptors (Lipinski definition) is 4. The maximum absolute atomic E-state index is 12.9. The van der Waals surface area contributed by atoms with Gasteiger partial charge in [-0.25, -0.2) is 0 Å². The molecule has 160 valence electrons. The number of piperazine rings is 1. The molecule has 3 heterocycles. The smallest absolute Gasteiger partial charge is 0.244 e. The number of nitrogens with zero attached hydrogens (tertiary/aromatic N) is 2. The van der Waals surface area contributed by atoms with Crippen molar-refractivity contribution in [1.82, 2.24) is 10.2 Å². The molecule has 3 saturated heterocycles. The lowest BCUT2D eigenvalue weighted by molar-refractivity contribution is -0.134. The van der Waals surface area contributed by atoms with E-state index in [4.69, 9.17) is 11.6 Å². The summed E-state index contributed by atoms with van der Waals surface area (Å²) in [6.07, 6.45) is 2.80. The van der Waals surface area contributed by atoms with E-state index < -0.39 is 5.92 Å². The lowest BCUT2D eigenvalue weighted by Gasteiger charge is -2.36. The van der Waals surface area contributed by atoms with E-state index >= 15 is 0 Å². The number of piperidine rings is 1. The molecule has 3 fully saturated rings. The molecule has 3 aliphatic heterocycles. The molecular formula is C24H24ClN3O3. The maximum Gasteiger partial charge on any atom is 0.244 e. The zero-order valence-electron chi connectivity index (χ0n) is 17.1. The van der Waals surface area contributed by atoms with Crippen LogP contribution in [0.4, 0.5) is 5.69 Å². The second kappa shape index (κ2) is 8.09. The number of carbonyl (C=O) groups is 3. The predicted octanol–water partition coefficient (Wildman–Crippen LogP) is 3.34. The number of nitrogens with one attached hydrogen (secondary N) is 1. The first-order chi connectivity index (χ1) is 15.0. The van der Waals surface area contributed by atoms with Crippen molar-refractivity contribution in [1.29, 1.82) is 0 Å². The van der Waals surface area contributed by atoms with Gasteiger partial charge in [0.1, 0.15) is 0 Å². The summed E-state index contributed by atoms with van der Waals surface area (Å²) in [7, 11) is 0. The molecule has 0 radical (unpaired) electrons. The number of imide groups is 1. The quantitative estimate of drug-likeness (QED) is 0.748. The zero-order valence-corrected chi connectivity index (χ0v) is 17.9. The summed E-state index contributed by atoms with van der Waals surface area (Å²) in [5.41, 5.74) is 3.40. The van der Waals surface area contributed by atoms with Gasteiger partial charge in [-0.05, 0) is 49.1 Å². The summed E-state index contributed by atoms with van der Waals surface area (Å²) in [5, 5.41) is 2.93. The molecule has 0 bridgehead atoms. The maximum atomic E-state index is 12.9. The Labute approximate surface area is 186 Å². The average Bonchev–Trinajstić information content (AvgIpc) is 3.25. The van der Waals surface area contributed by atoms with Gasteiger partial charge in [0.2, 0.25) is 17.7 Å². The first kappa shape index (κ1) is 20.2. The lowest BCUT2D eigenvalue weighted by atomic mass is 9.88. The van der Waals surface area contributed by atoms with Crippen LogP contribution in [-0.4, -0.2) is 48.3 Å². The van der Waals surface area contributed by atoms with E-state index in [1.165, 1.54) is 0 Å². The summed E-state index contributed by atoms with van der Waals surface area (Å²) in [6, 6.07) is 13.6. The van der Waals surface area contributed by atoms with Gasteiger partial charge in [-0.1, -0.05) is 41.9 Å². The highest BCUT2D eigenvalue weighted by molar-refractivity contribution is 6.34. The minimum Gasteiger partial charge on any atom is -0.310 e. The SMILES string of the molecule is O=C1CC[C@@H](c2cccc(-c3ccc(N4CCN5CCCC5C4=O)cc3)c2Cl)C(=O)N1. The van der Waals surface area contributed by atoms with Gasteiger partial charge < -0.3 is 4.90 Å². The Hall–Kier alpha value is -2.70. The van der Waals surface area contributed by atoms with E-state index in [0.29, 0.717) is 24.4 Å². The molecular weight excluding hydrogens is 414 g/mol. The van der Waals surface area contributed by atoms with Crippen LogP contribution >= 0.6 is 11.6 Å². The van der Waals surface area contributed by atoms with Gasteiger partial charge in [0.05, 0.1) is 17.0 Å². The number of hydrogen-bond donors (Lipinski definition) is 1. The number of carbonyl (C=O) groups excluding carboxylic acids is 3. The van der Waals surface area contributed by atoms with Crippen LogP contribution in [0.3, 0.4) is 0 Å². The molecule has 0 spiro atoms. The predicted molar refractivity (Wildman–Crippen MR) is 119 cm³/mol. The Balaban J connectivity index is 1.40. The summed E-state index contributed by atoms with van der Waals surface area (Å²) in [4.78, 5) is 40.8. The molecule has 6 nitrogen and oxygen atoms in total. The van der Waals surface area contributed by atoms with Crippen molar-refractivity contribution in [3.8, 4) is 11.1 Å². The second-order valence-electron chi connectivity index (χ2n) is 8.44. The number of halogens is 1. The molecule has 3 amide bonds. The zero-order chi connectivity index (χ0) is 21.5. The molecule has 0 aromatic heterocycles. The van der Waals surface area contributed by atoms with Gasteiger partial charge in [0, 0.05) is 30.8 Å². The molecule has 0 aliphatic carbocycles. The van der Waals surface area contributed by atoms with Gasteiger partial charge in [-0.3, -0.25) is 24.6 Å². The Morgan fingerprint density at radius 1 is 0.935 bits per heavy atom. The number of rotatable bonds is 3. The third kappa shape index (κ3) is 3.64.